The van der Waals surface area contributed by atoms with E-state index in [2.05, 4.69) is 22.5 Å². The van der Waals surface area contributed by atoms with Crippen LogP contribution < -0.4 is 10.6 Å². The standard InChI is InChI=1S/C16H24FN3O/c1-2-18-10-13-6-5-9-20(11-13)12-16(21)19-15-8-4-3-7-14(15)17/h3-4,7-8,13,18H,2,5-6,9-12H2,1H3,(H,19,21). The highest BCUT2D eigenvalue weighted by Gasteiger charge is 2.21. The van der Waals surface area contributed by atoms with Crippen LogP contribution in [0.15, 0.2) is 24.3 Å². The first-order valence-electron chi connectivity index (χ1n) is 7.66. The molecular formula is C16H24FN3O. The van der Waals surface area contributed by atoms with Gasteiger partial charge in [0.2, 0.25) is 5.91 Å². The molecular weight excluding hydrogens is 269 g/mol. The number of amides is 1. The molecule has 1 amide bonds. The van der Waals surface area contributed by atoms with Gasteiger partial charge in [0.1, 0.15) is 5.82 Å². The second-order valence-electron chi connectivity index (χ2n) is 5.58. The Hall–Kier alpha value is -1.46. The summed E-state index contributed by atoms with van der Waals surface area (Å²) in [7, 11) is 0. The van der Waals surface area contributed by atoms with Gasteiger partial charge in [-0.1, -0.05) is 19.1 Å². The summed E-state index contributed by atoms with van der Waals surface area (Å²) in [4.78, 5) is 14.2. The van der Waals surface area contributed by atoms with Crippen molar-refractivity contribution in [3.63, 3.8) is 0 Å². The zero-order valence-corrected chi connectivity index (χ0v) is 12.6. The van der Waals surface area contributed by atoms with Crippen LogP contribution >= 0.6 is 0 Å². The van der Waals surface area contributed by atoms with Crippen molar-refractivity contribution in [1.82, 2.24) is 10.2 Å². The number of carbonyl (C=O) groups excluding carboxylic acids is 1. The lowest BCUT2D eigenvalue weighted by Crippen LogP contribution is -2.43. The number of carbonyl (C=O) groups is 1. The highest BCUT2D eigenvalue weighted by molar-refractivity contribution is 5.92. The molecule has 1 unspecified atom stereocenters. The zero-order chi connectivity index (χ0) is 15.1. The Bertz CT molecular complexity index is 467. The minimum absolute atomic E-state index is 0.149. The predicted molar refractivity (Wildman–Crippen MR) is 82.7 cm³/mol. The van der Waals surface area contributed by atoms with Crippen LogP contribution in [-0.4, -0.2) is 43.5 Å². The monoisotopic (exact) mass is 293 g/mol. The van der Waals surface area contributed by atoms with Gasteiger partial charge in [-0.25, -0.2) is 4.39 Å². The minimum Gasteiger partial charge on any atom is -0.322 e. The van der Waals surface area contributed by atoms with Crippen LogP contribution in [0.4, 0.5) is 10.1 Å². The fourth-order valence-electron chi connectivity index (χ4n) is 2.77. The summed E-state index contributed by atoms with van der Waals surface area (Å²) in [6.07, 6.45) is 2.32. The van der Waals surface area contributed by atoms with Crippen molar-refractivity contribution >= 4 is 11.6 Å². The molecule has 0 spiro atoms. The Labute approximate surface area is 125 Å². The summed E-state index contributed by atoms with van der Waals surface area (Å²) in [5.41, 5.74) is 0.253. The van der Waals surface area contributed by atoms with Gasteiger partial charge >= 0.3 is 0 Å². The second kappa shape index (κ2) is 8.10. The van der Waals surface area contributed by atoms with Crippen molar-refractivity contribution in [3.8, 4) is 0 Å². The van der Waals surface area contributed by atoms with E-state index in [1.165, 1.54) is 12.5 Å². The molecule has 4 nitrogen and oxygen atoms in total. The van der Waals surface area contributed by atoms with Gasteiger partial charge in [0, 0.05) is 6.54 Å². The molecule has 2 rings (SSSR count). The van der Waals surface area contributed by atoms with E-state index in [0.29, 0.717) is 12.5 Å². The third-order valence-corrected chi connectivity index (χ3v) is 3.80. The van der Waals surface area contributed by atoms with Crippen LogP contribution in [0.1, 0.15) is 19.8 Å². The topological polar surface area (TPSA) is 44.4 Å². The average molecular weight is 293 g/mol. The highest BCUT2D eigenvalue weighted by Crippen LogP contribution is 2.16. The molecule has 0 radical (unpaired) electrons. The van der Waals surface area contributed by atoms with Crippen LogP contribution in [0.5, 0.6) is 0 Å². The van der Waals surface area contributed by atoms with Crippen LogP contribution in [0.25, 0.3) is 0 Å². The second-order valence-corrected chi connectivity index (χ2v) is 5.58. The summed E-state index contributed by atoms with van der Waals surface area (Å²) in [5, 5.41) is 6.01. The maximum Gasteiger partial charge on any atom is 0.238 e. The molecule has 0 bridgehead atoms. The van der Waals surface area contributed by atoms with Crippen molar-refractivity contribution in [1.29, 1.82) is 0 Å². The van der Waals surface area contributed by atoms with E-state index in [4.69, 9.17) is 0 Å². The van der Waals surface area contributed by atoms with E-state index >= 15 is 0 Å². The number of piperidine rings is 1. The van der Waals surface area contributed by atoms with Crippen molar-refractivity contribution in [2.75, 3.05) is 38.0 Å². The molecule has 1 aliphatic rings. The Morgan fingerprint density at radius 3 is 3.00 bits per heavy atom. The van der Waals surface area contributed by atoms with Crippen LogP contribution in [-0.2, 0) is 4.79 Å². The third-order valence-electron chi connectivity index (χ3n) is 3.80. The van der Waals surface area contributed by atoms with Gasteiger partial charge in [0.05, 0.1) is 12.2 Å². The first-order chi connectivity index (χ1) is 10.2. The maximum atomic E-state index is 13.5. The fourth-order valence-corrected chi connectivity index (χ4v) is 2.77. The lowest BCUT2D eigenvalue weighted by molar-refractivity contribution is -0.117. The highest BCUT2D eigenvalue weighted by atomic mass is 19.1. The van der Waals surface area contributed by atoms with E-state index in [9.17, 15) is 9.18 Å². The van der Waals surface area contributed by atoms with Gasteiger partial charge in [0.25, 0.3) is 0 Å². The number of rotatable bonds is 6. The van der Waals surface area contributed by atoms with Gasteiger partial charge in [-0.15, -0.1) is 0 Å². The van der Waals surface area contributed by atoms with Gasteiger partial charge in [-0.05, 0) is 50.5 Å². The molecule has 1 saturated heterocycles. The van der Waals surface area contributed by atoms with E-state index in [-0.39, 0.29) is 11.6 Å². The van der Waals surface area contributed by atoms with Gasteiger partial charge in [-0.3, -0.25) is 9.69 Å². The van der Waals surface area contributed by atoms with Crippen molar-refractivity contribution < 1.29 is 9.18 Å². The van der Waals surface area contributed by atoms with Gasteiger partial charge in [0.15, 0.2) is 0 Å². The van der Waals surface area contributed by atoms with Gasteiger partial charge < -0.3 is 10.6 Å². The Morgan fingerprint density at radius 1 is 1.43 bits per heavy atom. The Morgan fingerprint density at radius 2 is 2.24 bits per heavy atom. The molecule has 0 saturated carbocycles. The van der Waals surface area contributed by atoms with Crippen molar-refractivity contribution in [3.05, 3.63) is 30.1 Å². The predicted octanol–water partition coefficient (Wildman–Crippen LogP) is 2.09. The summed E-state index contributed by atoms with van der Waals surface area (Å²) >= 11 is 0. The van der Waals surface area contributed by atoms with Crippen molar-refractivity contribution in [2.45, 2.75) is 19.8 Å². The molecule has 21 heavy (non-hydrogen) atoms. The molecule has 1 atom stereocenters. The number of nitrogens with zero attached hydrogens (tertiary/aromatic N) is 1. The number of hydrogen-bond donors (Lipinski definition) is 2. The number of para-hydroxylation sites is 1. The smallest absolute Gasteiger partial charge is 0.238 e. The Kier molecular flexibility index (Phi) is 6.14. The summed E-state index contributed by atoms with van der Waals surface area (Å²) < 4.78 is 13.5. The molecule has 1 aromatic rings. The molecule has 116 valence electrons. The summed E-state index contributed by atoms with van der Waals surface area (Å²) in [6.45, 7) is 6.27. The van der Waals surface area contributed by atoms with E-state index in [1.807, 2.05) is 0 Å². The SMILES string of the molecule is CCNCC1CCCN(CC(=O)Nc2ccccc2F)C1. The first-order valence-corrected chi connectivity index (χ1v) is 7.66. The number of anilines is 1. The van der Waals surface area contributed by atoms with Gasteiger partial charge in [-0.2, -0.15) is 0 Å². The summed E-state index contributed by atoms with van der Waals surface area (Å²) in [6, 6.07) is 6.26. The van der Waals surface area contributed by atoms with E-state index < -0.39 is 5.82 Å². The molecule has 0 aliphatic carbocycles. The minimum atomic E-state index is -0.394. The quantitative estimate of drug-likeness (QED) is 0.844. The largest absolute Gasteiger partial charge is 0.322 e. The lowest BCUT2D eigenvalue weighted by atomic mass is 9.98. The number of halogens is 1. The normalized spacial score (nSPS) is 19.4. The molecule has 2 N–H and O–H groups in total. The van der Waals surface area contributed by atoms with Crippen molar-refractivity contribution in [2.24, 2.45) is 5.92 Å². The molecule has 1 aliphatic heterocycles. The molecule has 1 fully saturated rings. The Balaban J connectivity index is 1.81. The number of nitrogens with one attached hydrogen (secondary N) is 2. The molecule has 1 aromatic carbocycles. The third kappa shape index (κ3) is 5.10. The average Bonchev–Trinajstić information content (AvgIpc) is 2.48. The fraction of sp³-hybridized carbons (Fsp3) is 0.562. The number of hydrogen-bond acceptors (Lipinski definition) is 3. The van der Waals surface area contributed by atoms with Crippen LogP contribution in [0, 0.1) is 11.7 Å². The van der Waals surface area contributed by atoms with Crippen LogP contribution in [0.3, 0.4) is 0 Å². The first kappa shape index (κ1) is 15.9. The lowest BCUT2D eigenvalue weighted by Gasteiger charge is -2.32. The zero-order valence-electron chi connectivity index (χ0n) is 12.6. The summed E-state index contributed by atoms with van der Waals surface area (Å²) in [5.74, 6) is 0.0543. The van der Waals surface area contributed by atoms with E-state index in [1.54, 1.807) is 18.2 Å². The molecule has 0 aromatic heterocycles. The molecule has 5 heteroatoms. The molecule has 1 heterocycles. The van der Waals surface area contributed by atoms with Crippen LogP contribution in [0.2, 0.25) is 0 Å². The number of likely N-dealkylation sites (tertiary alicyclic amines) is 1. The number of benzene rings is 1. The van der Waals surface area contributed by atoms with E-state index in [0.717, 1.165) is 32.6 Å². The maximum absolute atomic E-state index is 13.5.